The number of carbonyl (C=O) groups is 2. The Morgan fingerprint density at radius 1 is 1.16 bits per heavy atom. The van der Waals surface area contributed by atoms with Gasteiger partial charge < -0.3 is 15.0 Å². The normalized spacial score (nSPS) is 16.8. The molecule has 4 rings (SSSR count). The second-order valence-corrected chi connectivity index (χ2v) is 9.80. The Morgan fingerprint density at radius 3 is 2.49 bits per heavy atom. The molecule has 0 aromatic heterocycles. The Bertz CT molecular complexity index is 1290. The predicted molar refractivity (Wildman–Crippen MR) is 143 cm³/mol. The number of nitrogens with one attached hydrogen (secondary N) is 1. The Morgan fingerprint density at radius 2 is 1.86 bits per heavy atom. The molecule has 1 amide bonds. The number of nitrogens with zero attached hydrogens (tertiary/aromatic N) is 3. The lowest BCUT2D eigenvalue weighted by Crippen LogP contribution is -2.38. The van der Waals surface area contributed by atoms with E-state index < -0.39 is 16.9 Å². The highest BCUT2D eigenvalue weighted by atomic mass is 32.2. The molecule has 2 aliphatic heterocycles. The lowest BCUT2D eigenvalue weighted by Gasteiger charge is -2.36. The van der Waals surface area contributed by atoms with Crippen molar-refractivity contribution in [3.05, 3.63) is 92.5 Å². The summed E-state index contributed by atoms with van der Waals surface area (Å²) in [6, 6.07) is 14.7. The zero-order valence-electron chi connectivity index (χ0n) is 20.8. The maximum absolute atomic E-state index is 13.4. The minimum Gasteiger partial charge on any atom is -0.463 e. The van der Waals surface area contributed by atoms with Gasteiger partial charge in [0.25, 0.3) is 5.69 Å². The van der Waals surface area contributed by atoms with Crippen LogP contribution in [0.2, 0.25) is 0 Å². The second-order valence-electron chi connectivity index (χ2n) is 8.97. The van der Waals surface area contributed by atoms with Crippen LogP contribution in [0.5, 0.6) is 0 Å². The lowest BCUT2D eigenvalue weighted by atomic mass is 9.91. The number of fused-ring (bicyclic) bond motifs is 1. The van der Waals surface area contributed by atoms with Crippen molar-refractivity contribution in [1.29, 1.82) is 0 Å². The van der Waals surface area contributed by atoms with Crippen LogP contribution in [0.4, 0.5) is 5.69 Å². The van der Waals surface area contributed by atoms with Crippen molar-refractivity contribution in [3.8, 4) is 0 Å². The second kappa shape index (κ2) is 11.4. The van der Waals surface area contributed by atoms with Gasteiger partial charge in [-0.05, 0) is 35.9 Å². The number of esters is 1. The quantitative estimate of drug-likeness (QED) is 0.280. The number of amides is 1. The SMILES string of the molecule is CCOC(=O)C1=C(c2ccccc2)N=C2SC=C(CC(=O)NCC(C)C)N2C1c1ccc([N+](=O)[O-])cc1. The van der Waals surface area contributed by atoms with Gasteiger partial charge in [0.2, 0.25) is 5.91 Å². The van der Waals surface area contributed by atoms with Gasteiger partial charge in [-0.25, -0.2) is 9.79 Å². The number of ether oxygens (including phenoxy) is 1. The van der Waals surface area contributed by atoms with Gasteiger partial charge in [0, 0.05) is 29.9 Å². The van der Waals surface area contributed by atoms with Crippen LogP contribution >= 0.6 is 11.8 Å². The Balaban J connectivity index is 1.83. The van der Waals surface area contributed by atoms with Crippen molar-refractivity contribution < 1.29 is 19.2 Å². The van der Waals surface area contributed by atoms with Gasteiger partial charge in [0.15, 0.2) is 5.17 Å². The number of nitro benzene ring substituents is 1. The summed E-state index contributed by atoms with van der Waals surface area (Å²) in [6.45, 7) is 6.50. The number of hydrogen-bond acceptors (Lipinski definition) is 8. The largest absolute Gasteiger partial charge is 0.463 e. The molecule has 2 heterocycles. The van der Waals surface area contributed by atoms with Crippen molar-refractivity contribution in [2.24, 2.45) is 10.9 Å². The average molecular weight is 521 g/mol. The van der Waals surface area contributed by atoms with Crippen molar-refractivity contribution in [2.75, 3.05) is 13.2 Å². The fourth-order valence-electron chi connectivity index (χ4n) is 4.13. The first-order chi connectivity index (χ1) is 17.8. The summed E-state index contributed by atoms with van der Waals surface area (Å²) in [5.74, 6) is -0.365. The molecule has 2 aromatic rings. The summed E-state index contributed by atoms with van der Waals surface area (Å²) in [5.41, 5.74) is 2.79. The molecule has 0 radical (unpaired) electrons. The molecule has 0 spiro atoms. The van der Waals surface area contributed by atoms with Gasteiger partial charge in [0.05, 0.1) is 35.3 Å². The molecular weight excluding hydrogens is 492 g/mol. The van der Waals surface area contributed by atoms with E-state index in [4.69, 9.17) is 9.73 Å². The molecule has 0 bridgehead atoms. The van der Waals surface area contributed by atoms with Crippen molar-refractivity contribution in [3.63, 3.8) is 0 Å². The number of rotatable bonds is 9. The number of non-ortho nitro benzene ring substituents is 1. The molecule has 2 aliphatic rings. The summed E-state index contributed by atoms with van der Waals surface area (Å²) >= 11 is 1.37. The molecule has 1 atom stereocenters. The summed E-state index contributed by atoms with van der Waals surface area (Å²) in [4.78, 5) is 43.7. The highest BCUT2D eigenvalue weighted by Crippen LogP contribution is 2.47. The van der Waals surface area contributed by atoms with E-state index in [0.717, 1.165) is 5.56 Å². The molecule has 0 saturated carbocycles. The maximum Gasteiger partial charge on any atom is 0.338 e. The van der Waals surface area contributed by atoms with E-state index in [1.165, 1.54) is 23.9 Å². The molecule has 2 aromatic carbocycles. The molecule has 10 heteroatoms. The topological polar surface area (TPSA) is 114 Å². The fraction of sp³-hybridized carbons (Fsp3) is 0.296. The van der Waals surface area contributed by atoms with E-state index in [1.54, 1.807) is 19.1 Å². The van der Waals surface area contributed by atoms with E-state index in [9.17, 15) is 19.7 Å². The number of nitro groups is 1. The number of carbonyl (C=O) groups excluding carboxylic acids is 2. The molecule has 9 nitrogen and oxygen atoms in total. The van der Waals surface area contributed by atoms with Crippen molar-refractivity contribution in [1.82, 2.24) is 10.2 Å². The Hall–Kier alpha value is -3.92. The van der Waals surface area contributed by atoms with E-state index in [1.807, 2.05) is 54.5 Å². The molecular formula is C27H28N4O5S. The Labute approximate surface area is 219 Å². The van der Waals surface area contributed by atoms with Crippen LogP contribution in [0, 0.1) is 16.0 Å². The van der Waals surface area contributed by atoms with E-state index >= 15 is 0 Å². The standard InChI is InChI=1S/C27H28N4O5S/c1-4-36-26(33)23-24(18-8-6-5-7-9-18)29-27-30(21(16-37-27)14-22(32)28-15-17(2)3)25(23)19-10-12-20(13-11-19)31(34)35/h5-13,16-17,25H,4,14-15H2,1-3H3,(H,28,32). The van der Waals surface area contributed by atoms with Crippen LogP contribution in [0.1, 0.15) is 44.4 Å². The summed E-state index contributed by atoms with van der Waals surface area (Å²) in [6.07, 6.45) is 0.0962. The van der Waals surface area contributed by atoms with Crippen LogP contribution in [-0.2, 0) is 14.3 Å². The third kappa shape index (κ3) is 5.75. The first kappa shape index (κ1) is 26.2. The molecule has 0 fully saturated rings. The fourth-order valence-corrected chi connectivity index (χ4v) is 5.05. The highest BCUT2D eigenvalue weighted by Gasteiger charge is 2.42. The average Bonchev–Trinajstić information content (AvgIpc) is 3.29. The molecule has 1 N–H and O–H groups in total. The van der Waals surface area contributed by atoms with Crippen LogP contribution in [-0.4, -0.2) is 40.0 Å². The van der Waals surface area contributed by atoms with Gasteiger partial charge in [-0.3, -0.25) is 14.9 Å². The van der Waals surface area contributed by atoms with Gasteiger partial charge in [-0.1, -0.05) is 55.9 Å². The monoisotopic (exact) mass is 520 g/mol. The van der Waals surface area contributed by atoms with Gasteiger partial charge >= 0.3 is 5.97 Å². The number of hydrogen-bond donors (Lipinski definition) is 1. The van der Waals surface area contributed by atoms with E-state index in [0.29, 0.717) is 40.2 Å². The predicted octanol–water partition coefficient (Wildman–Crippen LogP) is 5.03. The molecule has 192 valence electrons. The van der Waals surface area contributed by atoms with Gasteiger partial charge in [-0.2, -0.15) is 0 Å². The smallest absolute Gasteiger partial charge is 0.338 e. The van der Waals surface area contributed by atoms with Gasteiger partial charge in [0.1, 0.15) is 0 Å². The summed E-state index contributed by atoms with van der Waals surface area (Å²) in [7, 11) is 0. The number of benzene rings is 2. The molecule has 37 heavy (non-hydrogen) atoms. The van der Waals surface area contributed by atoms with Crippen LogP contribution in [0.3, 0.4) is 0 Å². The van der Waals surface area contributed by atoms with Crippen LogP contribution in [0.15, 0.2) is 76.3 Å². The third-order valence-electron chi connectivity index (χ3n) is 5.82. The van der Waals surface area contributed by atoms with E-state index in [2.05, 4.69) is 5.32 Å². The number of aliphatic imine (C=N–C) groups is 1. The van der Waals surface area contributed by atoms with Gasteiger partial charge in [-0.15, -0.1) is 0 Å². The van der Waals surface area contributed by atoms with Crippen molar-refractivity contribution in [2.45, 2.75) is 33.2 Å². The van der Waals surface area contributed by atoms with Crippen molar-refractivity contribution >= 4 is 40.2 Å². The summed E-state index contributed by atoms with van der Waals surface area (Å²) < 4.78 is 5.47. The molecule has 0 saturated heterocycles. The summed E-state index contributed by atoms with van der Waals surface area (Å²) in [5, 5.41) is 16.7. The van der Waals surface area contributed by atoms with Crippen LogP contribution < -0.4 is 5.32 Å². The highest BCUT2D eigenvalue weighted by molar-refractivity contribution is 8.16. The first-order valence-electron chi connectivity index (χ1n) is 12.0. The minimum atomic E-state index is -0.693. The number of thioether (sulfide) groups is 1. The lowest BCUT2D eigenvalue weighted by molar-refractivity contribution is -0.384. The first-order valence-corrected chi connectivity index (χ1v) is 12.9. The number of amidine groups is 1. The molecule has 0 aliphatic carbocycles. The van der Waals surface area contributed by atoms with Crippen LogP contribution in [0.25, 0.3) is 5.70 Å². The maximum atomic E-state index is 13.4. The zero-order valence-corrected chi connectivity index (χ0v) is 21.7. The zero-order chi connectivity index (χ0) is 26.5. The Kier molecular flexibility index (Phi) is 8.08. The minimum absolute atomic E-state index is 0.0574. The molecule has 1 unspecified atom stereocenters. The van der Waals surface area contributed by atoms with E-state index in [-0.39, 0.29) is 24.6 Å². The third-order valence-corrected chi connectivity index (χ3v) is 6.71.